The Labute approximate surface area is 292 Å². The molecule has 4 aromatic carbocycles. The van der Waals surface area contributed by atoms with Gasteiger partial charge in [-0.1, -0.05) is 94.1 Å². The Balaban J connectivity index is 0.000000348. The average Bonchev–Trinajstić information content (AvgIpc) is 3.03. The zero-order valence-electron chi connectivity index (χ0n) is 28.5. The summed E-state index contributed by atoms with van der Waals surface area (Å²) in [5.74, 6) is -0.558. The van der Waals surface area contributed by atoms with Gasteiger partial charge in [0, 0.05) is 22.0 Å². The van der Waals surface area contributed by atoms with Crippen molar-refractivity contribution in [2.45, 2.75) is 91.3 Å². The first kappa shape index (κ1) is 39.6. The Morgan fingerprint density at radius 1 is 0.812 bits per heavy atom. The van der Waals surface area contributed by atoms with Gasteiger partial charge in [-0.15, -0.1) is 0 Å². The van der Waals surface area contributed by atoms with Crippen LogP contribution in [0, 0.1) is 5.92 Å². The molecule has 48 heavy (non-hydrogen) atoms. The lowest BCUT2D eigenvalue weighted by molar-refractivity contribution is -0.138. The molecular weight excluding hydrogens is 658 g/mol. The molecule has 2 atom stereocenters. The highest BCUT2D eigenvalue weighted by Gasteiger charge is 2.31. The summed E-state index contributed by atoms with van der Waals surface area (Å²) in [4.78, 5) is 13.1. The molecule has 0 aliphatic carbocycles. The minimum atomic E-state index is -4.48. The second-order valence-corrected chi connectivity index (χ2v) is 13.8. The molecule has 262 valence electrons. The molecule has 0 aliphatic heterocycles. The number of hydrogen-bond donors (Lipinski definition) is 2. The predicted octanol–water partition coefficient (Wildman–Crippen LogP) is 11.7. The molecular formula is C39H48Cl2F3NO3. The number of hydrogen-bond acceptors (Lipinski definition) is 3. The van der Waals surface area contributed by atoms with Crippen molar-refractivity contribution in [2.24, 2.45) is 5.92 Å². The van der Waals surface area contributed by atoms with Crippen molar-refractivity contribution in [3.8, 4) is 0 Å². The lowest BCUT2D eigenvalue weighted by atomic mass is 9.92. The Kier molecular flexibility index (Phi) is 15.0. The molecule has 0 aliphatic rings. The number of carboxylic acid groups (broad SMARTS) is 1. The highest BCUT2D eigenvalue weighted by Crippen LogP contribution is 2.40. The number of rotatable bonds is 14. The van der Waals surface area contributed by atoms with Gasteiger partial charge in [0.2, 0.25) is 0 Å². The van der Waals surface area contributed by atoms with Gasteiger partial charge in [0.25, 0.3) is 0 Å². The number of aliphatic hydroxyl groups excluding tert-OH is 1. The van der Waals surface area contributed by atoms with Gasteiger partial charge in [-0.3, -0.25) is 4.79 Å². The number of aliphatic hydroxyl groups is 1. The number of carbonyl (C=O) groups is 1. The van der Waals surface area contributed by atoms with Gasteiger partial charge in [0.15, 0.2) is 0 Å². The second kappa shape index (κ2) is 18.2. The van der Waals surface area contributed by atoms with E-state index in [9.17, 15) is 23.1 Å². The molecule has 4 nitrogen and oxygen atoms in total. The van der Waals surface area contributed by atoms with Crippen molar-refractivity contribution in [1.82, 2.24) is 4.90 Å². The smallest absolute Gasteiger partial charge is 0.416 e. The zero-order chi connectivity index (χ0) is 35.6. The van der Waals surface area contributed by atoms with E-state index in [1.54, 1.807) is 25.1 Å². The lowest BCUT2D eigenvalue weighted by Gasteiger charge is -2.24. The molecule has 0 aromatic heterocycles. The monoisotopic (exact) mass is 705 g/mol. The average molecular weight is 707 g/mol. The molecule has 2 N–H and O–H groups in total. The Morgan fingerprint density at radius 2 is 1.42 bits per heavy atom. The first-order valence-corrected chi connectivity index (χ1v) is 17.6. The van der Waals surface area contributed by atoms with Crippen LogP contribution in [0.3, 0.4) is 0 Å². The van der Waals surface area contributed by atoms with Crippen LogP contribution in [-0.4, -0.2) is 40.7 Å². The molecule has 4 aromatic rings. The molecule has 2 unspecified atom stereocenters. The third-order valence-electron chi connectivity index (χ3n) is 8.57. The largest absolute Gasteiger partial charge is 0.481 e. The number of benzene rings is 4. The fourth-order valence-electron chi connectivity index (χ4n) is 5.77. The topological polar surface area (TPSA) is 60.8 Å². The van der Waals surface area contributed by atoms with Crippen molar-refractivity contribution in [1.29, 1.82) is 0 Å². The third-order valence-corrected chi connectivity index (χ3v) is 9.10. The summed E-state index contributed by atoms with van der Waals surface area (Å²) in [7, 11) is 0. The Bertz CT molecular complexity index is 1630. The number of fused-ring (bicyclic) bond motifs is 3. The Morgan fingerprint density at radius 3 is 1.96 bits per heavy atom. The maximum atomic E-state index is 13.4. The standard InChI is InChI=1S/C26H30Cl2F3NO.C13H18O2/c1-3-5-10-32(11-6-4-2)12-9-25(33)23-16-22-21(14-18(27)15-24(22)28)20-13-17(26(29,30)31)7-8-19(20)23;1-9(2)8-11-4-6-12(7-5-11)10(3)13(14)15/h7-8,13-16,25,33H,3-6,9-12H2,1-2H3;4-7,9-10H,8H2,1-3H3,(H,14,15). The Hall–Kier alpha value is -2.84. The van der Waals surface area contributed by atoms with Gasteiger partial charge in [-0.2, -0.15) is 13.2 Å². The normalized spacial score (nSPS) is 13.2. The van der Waals surface area contributed by atoms with E-state index < -0.39 is 29.7 Å². The van der Waals surface area contributed by atoms with Gasteiger partial charge in [-0.25, -0.2) is 0 Å². The fraction of sp³-hybridized carbons (Fsp3) is 0.462. The molecule has 9 heteroatoms. The highest BCUT2D eigenvalue weighted by molar-refractivity contribution is 6.39. The molecule has 0 radical (unpaired) electrons. The SMILES string of the molecule is CC(C)Cc1ccc(C(C)C(=O)O)cc1.CCCCN(CCCC)CCC(O)c1cc2c(Cl)cc(Cl)cc2c2cc(C(F)(F)F)ccc12. The van der Waals surface area contributed by atoms with Crippen LogP contribution in [0.5, 0.6) is 0 Å². The first-order valence-electron chi connectivity index (χ1n) is 16.8. The minimum absolute atomic E-state index is 0.345. The second-order valence-electron chi connectivity index (χ2n) is 13.0. The highest BCUT2D eigenvalue weighted by atomic mass is 35.5. The number of nitrogens with zero attached hydrogens (tertiary/aromatic N) is 1. The van der Waals surface area contributed by atoms with Crippen LogP contribution in [0.4, 0.5) is 13.2 Å². The van der Waals surface area contributed by atoms with E-state index in [4.69, 9.17) is 28.3 Å². The van der Waals surface area contributed by atoms with Crippen LogP contribution >= 0.6 is 23.2 Å². The molecule has 4 rings (SSSR count). The molecule has 0 fully saturated rings. The van der Waals surface area contributed by atoms with E-state index in [1.165, 1.54) is 11.6 Å². The summed E-state index contributed by atoms with van der Waals surface area (Å²) < 4.78 is 40.3. The maximum absolute atomic E-state index is 13.4. The minimum Gasteiger partial charge on any atom is -0.481 e. The number of carboxylic acids is 1. The third kappa shape index (κ3) is 11.1. The van der Waals surface area contributed by atoms with Crippen molar-refractivity contribution >= 4 is 50.7 Å². The van der Waals surface area contributed by atoms with Crippen molar-refractivity contribution in [3.05, 3.63) is 93.0 Å². The van der Waals surface area contributed by atoms with E-state index in [-0.39, 0.29) is 0 Å². The number of halogens is 5. The summed E-state index contributed by atoms with van der Waals surface area (Å²) in [6, 6.07) is 16.5. The number of aliphatic carboxylic acids is 1. The quantitative estimate of drug-likeness (QED) is 0.128. The molecule has 0 heterocycles. The predicted molar refractivity (Wildman–Crippen MR) is 193 cm³/mol. The van der Waals surface area contributed by atoms with Crippen molar-refractivity contribution < 1.29 is 28.2 Å². The molecule has 0 bridgehead atoms. The zero-order valence-corrected chi connectivity index (χ0v) is 30.0. The van der Waals surface area contributed by atoms with Gasteiger partial charge < -0.3 is 15.1 Å². The number of alkyl halides is 3. The van der Waals surface area contributed by atoms with Gasteiger partial charge in [-0.05, 0) is 115 Å². The summed E-state index contributed by atoms with van der Waals surface area (Å²) in [6.07, 6.45) is 0.612. The fourth-order valence-corrected chi connectivity index (χ4v) is 6.32. The molecule has 0 spiro atoms. The summed E-state index contributed by atoms with van der Waals surface area (Å²) in [6.45, 7) is 13.0. The molecule has 0 saturated carbocycles. The van der Waals surface area contributed by atoms with Gasteiger partial charge in [0.1, 0.15) is 0 Å². The van der Waals surface area contributed by atoms with Crippen LogP contribution in [-0.2, 0) is 17.4 Å². The van der Waals surface area contributed by atoms with E-state index in [0.717, 1.165) is 69.4 Å². The van der Waals surface area contributed by atoms with Gasteiger partial charge >= 0.3 is 12.1 Å². The van der Waals surface area contributed by atoms with Crippen molar-refractivity contribution in [2.75, 3.05) is 19.6 Å². The van der Waals surface area contributed by atoms with E-state index in [1.807, 2.05) is 24.3 Å². The van der Waals surface area contributed by atoms with E-state index >= 15 is 0 Å². The van der Waals surface area contributed by atoms with Crippen LogP contribution in [0.2, 0.25) is 10.0 Å². The van der Waals surface area contributed by atoms with Crippen LogP contribution in [0.1, 0.15) is 101 Å². The maximum Gasteiger partial charge on any atom is 0.416 e. The summed E-state index contributed by atoms with van der Waals surface area (Å²) in [5, 5.41) is 22.8. The molecule has 0 amide bonds. The van der Waals surface area contributed by atoms with E-state index in [0.29, 0.717) is 49.5 Å². The van der Waals surface area contributed by atoms with E-state index in [2.05, 4.69) is 32.6 Å². The lowest BCUT2D eigenvalue weighted by Crippen LogP contribution is -2.28. The van der Waals surface area contributed by atoms with Crippen LogP contribution in [0.15, 0.2) is 60.7 Å². The van der Waals surface area contributed by atoms with Crippen LogP contribution in [0.25, 0.3) is 21.5 Å². The van der Waals surface area contributed by atoms with Gasteiger partial charge in [0.05, 0.1) is 17.6 Å². The first-order chi connectivity index (χ1) is 22.7. The van der Waals surface area contributed by atoms with Crippen LogP contribution < -0.4 is 0 Å². The summed E-state index contributed by atoms with van der Waals surface area (Å²) in [5.41, 5.74) is 1.98. The summed E-state index contributed by atoms with van der Waals surface area (Å²) >= 11 is 12.6. The van der Waals surface area contributed by atoms with Crippen molar-refractivity contribution in [3.63, 3.8) is 0 Å². The number of unbranched alkanes of at least 4 members (excludes halogenated alkanes) is 2. The molecule has 0 saturated heterocycles.